The monoisotopic (exact) mass is 385 g/mol. The van der Waals surface area contributed by atoms with Crippen molar-refractivity contribution in [2.75, 3.05) is 5.32 Å². The van der Waals surface area contributed by atoms with E-state index in [1.54, 1.807) is 24.3 Å². The second kappa shape index (κ2) is 7.44. The molecule has 0 unspecified atom stereocenters. The molecule has 4 nitrogen and oxygen atoms in total. The molecule has 0 radical (unpaired) electrons. The van der Waals surface area contributed by atoms with Crippen molar-refractivity contribution in [1.29, 1.82) is 0 Å². The highest BCUT2D eigenvalue weighted by Gasteiger charge is 2.13. The van der Waals surface area contributed by atoms with Crippen LogP contribution in [0.15, 0.2) is 42.7 Å². The van der Waals surface area contributed by atoms with Gasteiger partial charge >= 0.3 is 0 Å². The van der Waals surface area contributed by atoms with Crippen LogP contribution in [0, 0.1) is 20.8 Å². The number of nitrogens with one attached hydrogen (secondary N) is 1. The van der Waals surface area contributed by atoms with Crippen LogP contribution in [0.2, 0.25) is 10.0 Å². The molecule has 26 heavy (non-hydrogen) atoms. The molecular weight excluding hydrogens is 369 g/mol. The average Bonchev–Trinajstić information content (AvgIpc) is 2.60. The molecule has 6 heteroatoms. The zero-order chi connectivity index (χ0) is 18.8. The molecule has 1 N–H and O–H groups in total. The van der Waals surface area contributed by atoms with Crippen LogP contribution in [0.3, 0.4) is 0 Å². The topological polar surface area (TPSA) is 54.9 Å². The molecule has 1 aromatic heterocycles. The Morgan fingerprint density at radius 3 is 2.27 bits per heavy atom. The molecule has 0 atom stereocenters. The summed E-state index contributed by atoms with van der Waals surface area (Å²) in [5.41, 5.74) is 5.61. The standard InChI is InChI=1S/C20H17Cl2N3O/c1-11-6-12(2)19(13(3)7-11)25-20(26)18-9-17(23-10-24-18)14-4-5-15(21)16(22)8-14/h4-10H,1-3H3,(H,25,26). The third-order valence-corrected chi connectivity index (χ3v) is 4.77. The van der Waals surface area contributed by atoms with Gasteiger partial charge in [-0.05, 0) is 50.1 Å². The summed E-state index contributed by atoms with van der Waals surface area (Å²) in [7, 11) is 0. The van der Waals surface area contributed by atoms with E-state index in [1.165, 1.54) is 6.33 Å². The number of anilines is 1. The van der Waals surface area contributed by atoms with Crippen LogP contribution in [0.4, 0.5) is 5.69 Å². The molecule has 0 bridgehead atoms. The number of aryl methyl sites for hydroxylation is 3. The summed E-state index contributed by atoms with van der Waals surface area (Å²) in [6.07, 6.45) is 1.36. The summed E-state index contributed by atoms with van der Waals surface area (Å²) < 4.78 is 0. The Bertz CT molecular complexity index is 979. The molecule has 0 aliphatic rings. The third kappa shape index (κ3) is 3.87. The van der Waals surface area contributed by atoms with E-state index in [0.717, 1.165) is 27.9 Å². The Morgan fingerprint density at radius 2 is 1.62 bits per heavy atom. The summed E-state index contributed by atoms with van der Waals surface area (Å²) in [4.78, 5) is 21.0. The van der Waals surface area contributed by atoms with Crippen molar-refractivity contribution < 1.29 is 4.79 Å². The van der Waals surface area contributed by atoms with E-state index in [1.807, 2.05) is 32.9 Å². The van der Waals surface area contributed by atoms with Gasteiger partial charge in [0.2, 0.25) is 0 Å². The van der Waals surface area contributed by atoms with Crippen LogP contribution in [-0.4, -0.2) is 15.9 Å². The van der Waals surface area contributed by atoms with E-state index in [-0.39, 0.29) is 11.6 Å². The Morgan fingerprint density at radius 1 is 0.923 bits per heavy atom. The molecule has 0 saturated heterocycles. The van der Waals surface area contributed by atoms with Gasteiger partial charge < -0.3 is 5.32 Å². The predicted octanol–water partition coefficient (Wildman–Crippen LogP) is 5.63. The molecule has 3 aromatic rings. The third-order valence-electron chi connectivity index (χ3n) is 4.03. The Labute approximate surface area is 162 Å². The normalized spacial score (nSPS) is 10.7. The maximum atomic E-state index is 12.7. The lowest BCUT2D eigenvalue weighted by Gasteiger charge is -2.13. The quantitative estimate of drug-likeness (QED) is 0.635. The molecule has 0 spiro atoms. The van der Waals surface area contributed by atoms with Crippen LogP contribution in [-0.2, 0) is 0 Å². The first-order valence-corrected chi connectivity index (χ1v) is 8.77. The zero-order valence-electron chi connectivity index (χ0n) is 14.6. The van der Waals surface area contributed by atoms with E-state index in [4.69, 9.17) is 23.2 Å². The number of halogens is 2. The largest absolute Gasteiger partial charge is 0.320 e. The summed E-state index contributed by atoms with van der Waals surface area (Å²) >= 11 is 12.0. The van der Waals surface area contributed by atoms with Crippen LogP contribution >= 0.6 is 23.2 Å². The molecule has 1 heterocycles. The van der Waals surface area contributed by atoms with Gasteiger partial charge in [-0.1, -0.05) is 47.0 Å². The lowest BCUT2D eigenvalue weighted by atomic mass is 10.0. The number of aromatic nitrogens is 2. The smallest absolute Gasteiger partial charge is 0.274 e. The number of nitrogens with zero attached hydrogens (tertiary/aromatic N) is 2. The summed E-state index contributed by atoms with van der Waals surface area (Å²) in [6.45, 7) is 5.97. The number of hydrogen-bond donors (Lipinski definition) is 1. The highest BCUT2D eigenvalue weighted by molar-refractivity contribution is 6.42. The maximum absolute atomic E-state index is 12.7. The van der Waals surface area contributed by atoms with E-state index >= 15 is 0 Å². The average molecular weight is 386 g/mol. The van der Waals surface area contributed by atoms with Gasteiger partial charge in [0.15, 0.2) is 0 Å². The maximum Gasteiger partial charge on any atom is 0.274 e. The number of amides is 1. The first-order valence-electron chi connectivity index (χ1n) is 8.02. The van der Waals surface area contributed by atoms with Gasteiger partial charge in [-0.15, -0.1) is 0 Å². The molecule has 1 amide bonds. The summed E-state index contributed by atoms with van der Waals surface area (Å²) in [5, 5.41) is 3.84. The van der Waals surface area contributed by atoms with Gasteiger partial charge in [0.25, 0.3) is 5.91 Å². The highest BCUT2D eigenvalue weighted by atomic mass is 35.5. The van der Waals surface area contributed by atoms with Gasteiger partial charge in [-0.3, -0.25) is 4.79 Å². The molecular formula is C20H17Cl2N3O. The number of carbonyl (C=O) groups excluding carboxylic acids is 1. The highest BCUT2D eigenvalue weighted by Crippen LogP contribution is 2.28. The van der Waals surface area contributed by atoms with E-state index in [2.05, 4.69) is 15.3 Å². The Kier molecular flexibility index (Phi) is 5.25. The van der Waals surface area contributed by atoms with Gasteiger partial charge in [-0.25, -0.2) is 9.97 Å². The van der Waals surface area contributed by atoms with Gasteiger partial charge in [0.05, 0.1) is 15.7 Å². The zero-order valence-corrected chi connectivity index (χ0v) is 16.1. The first-order chi connectivity index (χ1) is 12.3. The number of rotatable bonds is 3. The van der Waals surface area contributed by atoms with E-state index in [9.17, 15) is 4.79 Å². The molecule has 0 fully saturated rings. The van der Waals surface area contributed by atoms with Crippen molar-refractivity contribution in [3.63, 3.8) is 0 Å². The minimum absolute atomic E-state index is 0.278. The fourth-order valence-corrected chi connectivity index (χ4v) is 3.15. The van der Waals surface area contributed by atoms with Crippen molar-refractivity contribution >= 4 is 34.8 Å². The first kappa shape index (κ1) is 18.4. The molecule has 0 aliphatic carbocycles. The van der Waals surface area contributed by atoms with E-state index < -0.39 is 0 Å². The van der Waals surface area contributed by atoms with Crippen molar-refractivity contribution in [1.82, 2.24) is 9.97 Å². The van der Waals surface area contributed by atoms with Crippen LogP contribution < -0.4 is 5.32 Å². The van der Waals surface area contributed by atoms with Crippen LogP contribution in [0.5, 0.6) is 0 Å². The van der Waals surface area contributed by atoms with Gasteiger partial charge in [0.1, 0.15) is 12.0 Å². The molecule has 0 saturated carbocycles. The summed E-state index contributed by atoms with van der Waals surface area (Å²) in [6, 6.07) is 10.9. The van der Waals surface area contributed by atoms with Crippen molar-refractivity contribution in [2.24, 2.45) is 0 Å². The lowest BCUT2D eigenvalue weighted by molar-refractivity contribution is 0.102. The Balaban J connectivity index is 1.90. The van der Waals surface area contributed by atoms with Crippen molar-refractivity contribution in [2.45, 2.75) is 20.8 Å². The minimum atomic E-state index is -0.288. The molecule has 2 aromatic carbocycles. The number of benzene rings is 2. The van der Waals surface area contributed by atoms with Crippen molar-refractivity contribution in [3.05, 3.63) is 75.2 Å². The Hall–Kier alpha value is -2.43. The SMILES string of the molecule is Cc1cc(C)c(NC(=O)c2cc(-c3ccc(Cl)c(Cl)c3)ncn2)c(C)c1. The fraction of sp³-hybridized carbons (Fsp3) is 0.150. The van der Waals surface area contributed by atoms with Gasteiger partial charge in [0, 0.05) is 11.3 Å². The molecule has 3 rings (SSSR count). The second-order valence-corrected chi connectivity index (χ2v) is 6.96. The predicted molar refractivity (Wildman–Crippen MR) is 106 cm³/mol. The van der Waals surface area contributed by atoms with Crippen LogP contribution in [0.25, 0.3) is 11.3 Å². The molecule has 132 valence electrons. The van der Waals surface area contributed by atoms with Gasteiger partial charge in [-0.2, -0.15) is 0 Å². The fourth-order valence-electron chi connectivity index (χ4n) is 2.85. The lowest BCUT2D eigenvalue weighted by Crippen LogP contribution is -2.15. The minimum Gasteiger partial charge on any atom is -0.320 e. The summed E-state index contributed by atoms with van der Waals surface area (Å²) in [5.74, 6) is -0.288. The number of hydrogen-bond acceptors (Lipinski definition) is 3. The van der Waals surface area contributed by atoms with Crippen molar-refractivity contribution in [3.8, 4) is 11.3 Å². The van der Waals surface area contributed by atoms with E-state index in [0.29, 0.717) is 15.7 Å². The molecule has 0 aliphatic heterocycles. The number of carbonyl (C=O) groups is 1. The van der Waals surface area contributed by atoms with Crippen LogP contribution in [0.1, 0.15) is 27.2 Å². The second-order valence-electron chi connectivity index (χ2n) is 6.15.